The molecule has 0 aliphatic heterocycles. The Bertz CT molecular complexity index is 355. The van der Waals surface area contributed by atoms with Crippen molar-refractivity contribution >= 4 is 6.29 Å². The number of benzene rings is 1. The molecular formula is C17H28O3. The third-order valence-electron chi connectivity index (χ3n) is 3.07. The van der Waals surface area contributed by atoms with Crippen LogP contribution in [-0.4, -0.2) is 31.7 Å². The van der Waals surface area contributed by atoms with Crippen LogP contribution in [0.25, 0.3) is 0 Å². The summed E-state index contributed by atoms with van der Waals surface area (Å²) >= 11 is 0. The summed E-state index contributed by atoms with van der Waals surface area (Å²) in [6.45, 7) is 7.28. The quantitative estimate of drug-likeness (QED) is 0.775. The van der Waals surface area contributed by atoms with Crippen LogP contribution in [0.2, 0.25) is 0 Å². The Hall–Kier alpha value is -1.19. The highest BCUT2D eigenvalue weighted by atomic mass is 16.5. The highest BCUT2D eigenvalue weighted by molar-refractivity contribution is 5.74. The number of carbonyl (C=O) groups excluding carboxylic acids is 1. The number of hydrogen-bond donors (Lipinski definition) is 1. The van der Waals surface area contributed by atoms with Crippen molar-refractivity contribution in [1.29, 1.82) is 0 Å². The monoisotopic (exact) mass is 280 g/mol. The first-order valence-electron chi connectivity index (χ1n) is 7.23. The van der Waals surface area contributed by atoms with Crippen molar-refractivity contribution in [2.24, 2.45) is 5.92 Å². The van der Waals surface area contributed by atoms with Gasteiger partial charge in [-0.1, -0.05) is 45.4 Å². The van der Waals surface area contributed by atoms with Crippen molar-refractivity contribution < 1.29 is 14.6 Å². The fraction of sp³-hybridized carbons (Fsp3) is 0.588. The van der Waals surface area contributed by atoms with Gasteiger partial charge in [0.25, 0.3) is 0 Å². The van der Waals surface area contributed by atoms with Gasteiger partial charge in [0.15, 0.2) is 0 Å². The fourth-order valence-electron chi connectivity index (χ4n) is 1.86. The Morgan fingerprint density at radius 1 is 1.35 bits per heavy atom. The van der Waals surface area contributed by atoms with Crippen molar-refractivity contribution in [2.75, 3.05) is 20.3 Å². The van der Waals surface area contributed by atoms with Gasteiger partial charge in [0.2, 0.25) is 0 Å². The second-order valence-corrected chi connectivity index (χ2v) is 5.24. The Kier molecular flexibility index (Phi) is 10.9. The lowest BCUT2D eigenvalue weighted by molar-refractivity contribution is 0.105. The van der Waals surface area contributed by atoms with Crippen LogP contribution >= 0.6 is 0 Å². The SMILES string of the molecule is CC(C)c1cccc(C=O)c1.CCCC(CO)COC. The summed E-state index contributed by atoms with van der Waals surface area (Å²) in [7, 11) is 1.66. The summed E-state index contributed by atoms with van der Waals surface area (Å²) in [6.07, 6.45) is 3.06. The van der Waals surface area contributed by atoms with Gasteiger partial charge in [-0.3, -0.25) is 4.79 Å². The highest BCUT2D eigenvalue weighted by Gasteiger charge is 2.03. The van der Waals surface area contributed by atoms with Crippen LogP contribution in [0.3, 0.4) is 0 Å². The van der Waals surface area contributed by atoms with E-state index in [2.05, 4.69) is 20.8 Å². The number of aliphatic hydroxyl groups excluding tert-OH is 1. The van der Waals surface area contributed by atoms with Gasteiger partial charge >= 0.3 is 0 Å². The molecule has 3 nitrogen and oxygen atoms in total. The Morgan fingerprint density at radius 3 is 2.50 bits per heavy atom. The van der Waals surface area contributed by atoms with E-state index in [1.54, 1.807) is 7.11 Å². The van der Waals surface area contributed by atoms with E-state index in [0.29, 0.717) is 18.4 Å². The van der Waals surface area contributed by atoms with E-state index in [0.717, 1.165) is 24.7 Å². The maximum atomic E-state index is 10.4. The third kappa shape index (κ3) is 8.08. The normalized spacial score (nSPS) is 11.7. The van der Waals surface area contributed by atoms with Gasteiger partial charge in [0.1, 0.15) is 6.29 Å². The predicted molar refractivity (Wildman–Crippen MR) is 83.3 cm³/mol. The molecule has 0 fully saturated rings. The fourth-order valence-corrected chi connectivity index (χ4v) is 1.86. The largest absolute Gasteiger partial charge is 0.396 e. The molecule has 0 bridgehead atoms. The Labute approximate surface area is 123 Å². The molecule has 1 N–H and O–H groups in total. The molecule has 1 unspecified atom stereocenters. The number of hydrogen-bond acceptors (Lipinski definition) is 3. The summed E-state index contributed by atoms with van der Waals surface area (Å²) in [5.74, 6) is 0.842. The second-order valence-electron chi connectivity index (χ2n) is 5.24. The molecule has 0 aromatic heterocycles. The topological polar surface area (TPSA) is 46.5 Å². The van der Waals surface area contributed by atoms with Crippen LogP contribution in [0.4, 0.5) is 0 Å². The molecule has 1 rings (SSSR count). The van der Waals surface area contributed by atoms with Crippen LogP contribution in [0.1, 0.15) is 55.5 Å². The molecule has 1 aromatic rings. The lowest BCUT2D eigenvalue weighted by Crippen LogP contribution is -2.11. The molecule has 3 heteroatoms. The molecule has 1 atom stereocenters. The van der Waals surface area contributed by atoms with E-state index in [1.165, 1.54) is 5.56 Å². The summed E-state index contributed by atoms with van der Waals surface area (Å²) in [5.41, 5.74) is 1.98. The van der Waals surface area contributed by atoms with Crippen molar-refractivity contribution in [3.63, 3.8) is 0 Å². The zero-order chi connectivity index (χ0) is 15.4. The van der Waals surface area contributed by atoms with E-state index in [9.17, 15) is 4.79 Å². The zero-order valence-electron chi connectivity index (χ0n) is 13.1. The van der Waals surface area contributed by atoms with Crippen LogP contribution in [-0.2, 0) is 4.74 Å². The van der Waals surface area contributed by atoms with Crippen LogP contribution in [0.15, 0.2) is 24.3 Å². The number of aldehydes is 1. The highest BCUT2D eigenvalue weighted by Crippen LogP contribution is 2.14. The molecule has 1 aromatic carbocycles. The average molecular weight is 280 g/mol. The molecule has 114 valence electrons. The number of rotatable bonds is 7. The van der Waals surface area contributed by atoms with Crippen LogP contribution < -0.4 is 0 Å². The van der Waals surface area contributed by atoms with Crippen LogP contribution in [0.5, 0.6) is 0 Å². The summed E-state index contributed by atoms with van der Waals surface area (Å²) in [5, 5.41) is 8.71. The van der Waals surface area contributed by atoms with E-state index in [-0.39, 0.29) is 6.61 Å². The molecular weight excluding hydrogens is 252 g/mol. The molecule has 0 saturated carbocycles. The van der Waals surface area contributed by atoms with Crippen molar-refractivity contribution in [3.8, 4) is 0 Å². The van der Waals surface area contributed by atoms with Gasteiger partial charge < -0.3 is 9.84 Å². The summed E-state index contributed by atoms with van der Waals surface area (Å²) < 4.78 is 4.89. The average Bonchev–Trinajstić information content (AvgIpc) is 2.47. The molecule has 0 heterocycles. The van der Waals surface area contributed by atoms with E-state index >= 15 is 0 Å². The molecule has 0 amide bonds. The molecule has 20 heavy (non-hydrogen) atoms. The maximum Gasteiger partial charge on any atom is 0.150 e. The minimum atomic E-state index is 0.252. The third-order valence-corrected chi connectivity index (χ3v) is 3.07. The van der Waals surface area contributed by atoms with Crippen molar-refractivity contribution in [2.45, 2.75) is 39.5 Å². The first-order chi connectivity index (χ1) is 9.58. The lowest BCUT2D eigenvalue weighted by atomic mass is 10.0. The molecule has 0 aliphatic carbocycles. The van der Waals surface area contributed by atoms with Gasteiger partial charge in [-0.15, -0.1) is 0 Å². The zero-order valence-corrected chi connectivity index (χ0v) is 13.1. The number of aliphatic hydroxyl groups is 1. The minimum absolute atomic E-state index is 0.252. The van der Waals surface area contributed by atoms with Gasteiger partial charge in [0.05, 0.1) is 6.61 Å². The molecule has 0 radical (unpaired) electrons. The lowest BCUT2D eigenvalue weighted by Gasteiger charge is -2.09. The Morgan fingerprint density at radius 2 is 2.05 bits per heavy atom. The molecule has 0 saturated heterocycles. The van der Waals surface area contributed by atoms with Crippen molar-refractivity contribution in [3.05, 3.63) is 35.4 Å². The first-order valence-corrected chi connectivity index (χ1v) is 7.23. The van der Waals surface area contributed by atoms with Crippen LogP contribution in [0, 0.1) is 5.92 Å². The number of ether oxygens (including phenoxy) is 1. The van der Waals surface area contributed by atoms with Crippen molar-refractivity contribution in [1.82, 2.24) is 0 Å². The van der Waals surface area contributed by atoms with E-state index in [4.69, 9.17) is 9.84 Å². The smallest absolute Gasteiger partial charge is 0.150 e. The minimum Gasteiger partial charge on any atom is -0.396 e. The summed E-state index contributed by atoms with van der Waals surface area (Å²) in [4.78, 5) is 10.4. The summed E-state index contributed by atoms with van der Waals surface area (Å²) in [6, 6.07) is 7.70. The Balaban J connectivity index is 0.000000370. The molecule has 0 aliphatic rings. The number of carbonyl (C=O) groups is 1. The second kappa shape index (κ2) is 11.6. The van der Waals surface area contributed by atoms with Gasteiger partial charge in [-0.05, 0) is 24.0 Å². The van der Waals surface area contributed by atoms with E-state index in [1.807, 2.05) is 24.3 Å². The van der Waals surface area contributed by atoms with Gasteiger partial charge in [0, 0.05) is 25.2 Å². The first kappa shape index (κ1) is 18.8. The predicted octanol–water partition coefficient (Wildman–Crippen LogP) is 3.66. The van der Waals surface area contributed by atoms with Gasteiger partial charge in [-0.25, -0.2) is 0 Å². The van der Waals surface area contributed by atoms with Gasteiger partial charge in [-0.2, -0.15) is 0 Å². The molecule has 0 spiro atoms. The van der Waals surface area contributed by atoms with E-state index < -0.39 is 0 Å². The maximum absolute atomic E-state index is 10.4. The number of methoxy groups -OCH3 is 1. The standard InChI is InChI=1S/C10H12O.C7H16O2/c1-8(2)10-5-3-4-9(6-10)7-11;1-3-4-7(5-8)6-9-2/h3-8H,1-2H3;7-8H,3-6H2,1-2H3.